The van der Waals surface area contributed by atoms with Gasteiger partial charge in [0.25, 0.3) is 0 Å². The topological polar surface area (TPSA) is 17.1 Å². The maximum absolute atomic E-state index is 11.2. The van der Waals surface area contributed by atoms with Gasteiger partial charge in [-0.15, -0.1) is 0 Å². The molecule has 0 heterocycles. The average molecular weight is 158 g/mol. The zero-order chi connectivity index (χ0) is 8.20. The Kier molecular flexibility index (Phi) is 3.87. The molecular formula is C8H18OSi. The van der Waals surface area contributed by atoms with E-state index in [-0.39, 0.29) is 0 Å². The molecule has 0 N–H and O–H groups in total. The molecule has 0 aromatic heterocycles. The van der Waals surface area contributed by atoms with E-state index in [2.05, 4.69) is 20.8 Å². The first-order valence-electron chi connectivity index (χ1n) is 4.14. The predicted molar refractivity (Wildman–Crippen MR) is 47.9 cm³/mol. The minimum Gasteiger partial charge on any atom is -0.306 e. The predicted octanol–water partition coefficient (Wildman–Crippen LogP) is 2.62. The molecular weight excluding hydrogens is 140 g/mol. The Morgan fingerprint density at radius 3 is 1.40 bits per heavy atom. The Morgan fingerprint density at radius 1 is 1.10 bits per heavy atom. The van der Waals surface area contributed by atoms with E-state index in [0.29, 0.717) is 5.41 Å². The van der Waals surface area contributed by atoms with Crippen molar-refractivity contribution < 1.29 is 4.79 Å². The van der Waals surface area contributed by atoms with Crippen LogP contribution in [0.4, 0.5) is 0 Å². The van der Waals surface area contributed by atoms with Gasteiger partial charge in [0.2, 0.25) is 0 Å². The third kappa shape index (κ3) is 1.69. The fourth-order valence-corrected chi connectivity index (χ4v) is 4.49. The van der Waals surface area contributed by atoms with E-state index < -0.39 is 8.07 Å². The standard InChI is InChI=1S/C8H18OSi/c1-5-10(6-2,7-3)8(4)9/h5-7H2,1-4H3. The van der Waals surface area contributed by atoms with Crippen molar-refractivity contribution >= 4 is 13.5 Å². The molecule has 0 unspecified atom stereocenters. The van der Waals surface area contributed by atoms with Crippen molar-refractivity contribution in [3.05, 3.63) is 0 Å². The Morgan fingerprint density at radius 2 is 1.40 bits per heavy atom. The van der Waals surface area contributed by atoms with Gasteiger partial charge in [-0.05, 0) is 6.92 Å². The van der Waals surface area contributed by atoms with E-state index in [0.717, 1.165) is 18.1 Å². The summed E-state index contributed by atoms with van der Waals surface area (Å²) in [6, 6.07) is 3.36. The Bertz CT molecular complexity index is 108. The Hall–Kier alpha value is -0.113. The van der Waals surface area contributed by atoms with Crippen LogP contribution in [0.5, 0.6) is 0 Å². The van der Waals surface area contributed by atoms with Crippen molar-refractivity contribution in [3.8, 4) is 0 Å². The first-order valence-corrected chi connectivity index (χ1v) is 6.76. The molecule has 0 fully saturated rings. The summed E-state index contributed by atoms with van der Waals surface area (Å²) in [5.41, 5.74) is 0. The Balaban J connectivity index is 4.31. The van der Waals surface area contributed by atoms with Gasteiger partial charge in [-0.25, -0.2) is 0 Å². The largest absolute Gasteiger partial charge is 0.306 e. The molecule has 0 radical (unpaired) electrons. The molecule has 0 amide bonds. The molecule has 0 atom stereocenters. The molecule has 0 saturated heterocycles. The van der Waals surface area contributed by atoms with Crippen molar-refractivity contribution in [1.82, 2.24) is 0 Å². The third-order valence-electron chi connectivity index (χ3n) is 2.78. The fraction of sp³-hybridized carbons (Fsp3) is 0.875. The van der Waals surface area contributed by atoms with E-state index in [1.54, 1.807) is 6.92 Å². The number of carbonyl (C=O) groups is 1. The van der Waals surface area contributed by atoms with Gasteiger partial charge in [0, 0.05) is 0 Å². The summed E-state index contributed by atoms with van der Waals surface area (Å²) in [4.78, 5) is 11.2. The summed E-state index contributed by atoms with van der Waals surface area (Å²) >= 11 is 0. The highest BCUT2D eigenvalue weighted by Crippen LogP contribution is 2.20. The zero-order valence-corrected chi connectivity index (χ0v) is 8.53. The first kappa shape index (κ1) is 9.89. The summed E-state index contributed by atoms with van der Waals surface area (Å²) in [6.07, 6.45) is 0. The molecule has 0 aliphatic rings. The molecule has 0 aromatic carbocycles. The van der Waals surface area contributed by atoms with E-state index in [1.165, 1.54) is 0 Å². The Labute approximate surface area is 64.8 Å². The third-order valence-corrected chi connectivity index (χ3v) is 8.33. The van der Waals surface area contributed by atoms with E-state index >= 15 is 0 Å². The quantitative estimate of drug-likeness (QED) is 0.575. The summed E-state index contributed by atoms with van der Waals surface area (Å²) in [5, 5.41) is 0.486. The van der Waals surface area contributed by atoms with Crippen LogP contribution in [0.2, 0.25) is 18.1 Å². The number of rotatable bonds is 4. The molecule has 0 saturated carbocycles. The van der Waals surface area contributed by atoms with Gasteiger partial charge >= 0.3 is 0 Å². The lowest BCUT2D eigenvalue weighted by molar-refractivity contribution is -0.111. The smallest absolute Gasteiger partial charge is 0.131 e. The molecule has 0 bridgehead atoms. The molecule has 2 heteroatoms. The first-order chi connectivity index (χ1) is 4.63. The summed E-state index contributed by atoms with van der Waals surface area (Å²) in [7, 11) is -1.43. The van der Waals surface area contributed by atoms with Gasteiger partial charge in [-0.2, -0.15) is 0 Å². The van der Waals surface area contributed by atoms with Crippen LogP contribution < -0.4 is 0 Å². The van der Waals surface area contributed by atoms with Crippen LogP contribution in [0.3, 0.4) is 0 Å². The SMILES string of the molecule is CC[Si](CC)(CC)C(C)=O. The van der Waals surface area contributed by atoms with Crippen molar-refractivity contribution in [2.45, 2.75) is 45.8 Å². The molecule has 0 aromatic rings. The molecule has 1 nitrogen and oxygen atoms in total. The highest BCUT2D eigenvalue weighted by Gasteiger charge is 2.31. The lowest BCUT2D eigenvalue weighted by Crippen LogP contribution is -2.40. The molecule has 10 heavy (non-hydrogen) atoms. The van der Waals surface area contributed by atoms with Crippen LogP contribution in [-0.2, 0) is 4.79 Å². The van der Waals surface area contributed by atoms with Crippen LogP contribution >= 0.6 is 0 Å². The normalized spacial score (nSPS) is 11.6. The highest BCUT2D eigenvalue weighted by molar-refractivity contribution is 7.05. The van der Waals surface area contributed by atoms with E-state index in [1.807, 2.05) is 0 Å². The van der Waals surface area contributed by atoms with Crippen LogP contribution in [0.25, 0.3) is 0 Å². The van der Waals surface area contributed by atoms with E-state index in [9.17, 15) is 4.79 Å². The number of hydrogen-bond donors (Lipinski definition) is 0. The van der Waals surface area contributed by atoms with Crippen molar-refractivity contribution in [3.63, 3.8) is 0 Å². The molecule has 0 aliphatic carbocycles. The average Bonchev–Trinajstić information content (AvgIpc) is 1.92. The highest BCUT2D eigenvalue weighted by atomic mass is 28.3. The molecule has 0 aliphatic heterocycles. The molecule has 60 valence electrons. The van der Waals surface area contributed by atoms with Crippen LogP contribution in [0.1, 0.15) is 27.7 Å². The molecule has 0 spiro atoms. The van der Waals surface area contributed by atoms with Crippen LogP contribution in [0.15, 0.2) is 0 Å². The second kappa shape index (κ2) is 3.91. The lowest BCUT2D eigenvalue weighted by atomic mass is 10.9. The van der Waals surface area contributed by atoms with Gasteiger partial charge in [-0.3, -0.25) is 0 Å². The zero-order valence-electron chi connectivity index (χ0n) is 7.53. The second-order valence-electron chi connectivity index (χ2n) is 2.90. The monoisotopic (exact) mass is 158 g/mol. The van der Waals surface area contributed by atoms with Crippen molar-refractivity contribution in [2.24, 2.45) is 0 Å². The van der Waals surface area contributed by atoms with Crippen LogP contribution in [-0.4, -0.2) is 13.5 Å². The van der Waals surface area contributed by atoms with Crippen LogP contribution in [0, 0.1) is 0 Å². The summed E-state index contributed by atoms with van der Waals surface area (Å²) in [5.74, 6) is 0. The maximum Gasteiger partial charge on any atom is 0.131 e. The fourth-order valence-electron chi connectivity index (χ4n) is 1.50. The maximum atomic E-state index is 11.2. The minimum atomic E-state index is -1.43. The van der Waals surface area contributed by atoms with Gasteiger partial charge in [0.05, 0.1) is 0 Å². The molecule has 0 rings (SSSR count). The van der Waals surface area contributed by atoms with Gasteiger partial charge in [0.15, 0.2) is 0 Å². The number of carbonyl (C=O) groups excluding carboxylic acids is 1. The second-order valence-corrected chi connectivity index (χ2v) is 8.28. The van der Waals surface area contributed by atoms with Gasteiger partial charge in [0.1, 0.15) is 13.5 Å². The number of hydrogen-bond acceptors (Lipinski definition) is 1. The van der Waals surface area contributed by atoms with Gasteiger partial charge < -0.3 is 4.79 Å². The van der Waals surface area contributed by atoms with E-state index in [4.69, 9.17) is 0 Å². The van der Waals surface area contributed by atoms with Crippen molar-refractivity contribution in [1.29, 1.82) is 0 Å². The summed E-state index contributed by atoms with van der Waals surface area (Å²) in [6.45, 7) is 8.23. The summed E-state index contributed by atoms with van der Waals surface area (Å²) < 4.78 is 0. The van der Waals surface area contributed by atoms with Gasteiger partial charge in [-0.1, -0.05) is 38.9 Å². The van der Waals surface area contributed by atoms with Crippen molar-refractivity contribution in [2.75, 3.05) is 0 Å². The lowest BCUT2D eigenvalue weighted by Gasteiger charge is -2.23. The minimum absolute atomic E-state index is 0.486.